The zero-order valence-corrected chi connectivity index (χ0v) is 16.6. The summed E-state index contributed by atoms with van der Waals surface area (Å²) in [4.78, 5) is 27.5. The van der Waals surface area contributed by atoms with E-state index >= 15 is 0 Å². The van der Waals surface area contributed by atoms with Crippen LogP contribution in [-0.4, -0.2) is 29.8 Å². The SMILES string of the molecule is Cc1c(NC(=O)c2oc3ccc(Cl)cc3c2C)cccc1C(=O)N1CCCC1. The summed E-state index contributed by atoms with van der Waals surface area (Å²) in [6.07, 6.45) is 2.08. The minimum atomic E-state index is -0.348. The number of furan rings is 1. The van der Waals surface area contributed by atoms with E-state index in [0.29, 0.717) is 21.9 Å². The van der Waals surface area contributed by atoms with Crippen molar-refractivity contribution in [1.29, 1.82) is 0 Å². The van der Waals surface area contributed by atoms with Gasteiger partial charge in [-0.2, -0.15) is 0 Å². The van der Waals surface area contributed by atoms with Gasteiger partial charge >= 0.3 is 0 Å². The van der Waals surface area contributed by atoms with E-state index in [4.69, 9.17) is 16.0 Å². The van der Waals surface area contributed by atoms with Crippen molar-refractivity contribution in [2.45, 2.75) is 26.7 Å². The van der Waals surface area contributed by atoms with Crippen LogP contribution in [0.3, 0.4) is 0 Å². The van der Waals surface area contributed by atoms with E-state index in [1.165, 1.54) is 0 Å². The van der Waals surface area contributed by atoms with Crippen LogP contribution < -0.4 is 5.32 Å². The second kappa shape index (κ2) is 7.32. The van der Waals surface area contributed by atoms with Gasteiger partial charge in [-0.1, -0.05) is 17.7 Å². The van der Waals surface area contributed by atoms with Crippen molar-refractivity contribution in [1.82, 2.24) is 4.90 Å². The molecule has 2 amide bonds. The number of fused-ring (bicyclic) bond motifs is 1. The Morgan fingerprint density at radius 2 is 1.82 bits per heavy atom. The molecule has 1 fully saturated rings. The molecule has 0 spiro atoms. The number of benzene rings is 2. The molecule has 1 aliphatic rings. The summed E-state index contributed by atoms with van der Waals surface area (Å²) in [5.74, 6) is -0.0905. The Bertz CT molecular complexity index is 1080. The van der Waals surface area contributed by atoms with Gasteiger partial charge in [0.1, 0.15) is 5.58 Å². The Balaban J connectivity index is 1.62. The first kappa shape index (κ1) is 18.6. The van der Waals surface area contributed by atoms with Crippen molar-refractivity contribution in [2.75, 3.05) is 18.4 Å². The zero-order valence-electron chi connectivity index (χ0n) is 15.8. The fourth-order valence-electron chi connectivity index (χ4n) is 3.68. The van der Waals surface area contributed by atoms with Crippen molar-refractivity contribution in [3.8, 4) is 0 Å². The van der Waals surface area contributed by atoms with Crippen LogP contribution in [0, 0.1) is 13.8 Å². The van der Waals surface area contributed by atoms with Gasteiger partial charge in [0.25, 0.3) is 11.8 Å². The van der Waals surface area contributed by atoms with Crippen LogP contribution >= 0.6 is 11.6 Å². The van der Waals surface area contributed by atoms with Crippen molar-refractivity contribution in [2.24, 2.45) is 0 Å². The summed E-state index contributed by atoms with van der Waals surface area (Å²) < 4.78 is 5.74. The third kappa shape index (κ3) is 3.27. The Hall–Kier alpha value is -2.79. The van der Waals surface area contributed by atoms with Gasteiger partial charge in [0.2, 0.25) is 0 Å². The molecule has 3 aromatic rings. The molecule has 5 nitrogen and oxygen atoms in total. The van der Waals surface area contributed by atoms with Crippen molar-refractivity contribution >= 4 is 40.1 Å². The molecule has 2 aromatic carbocycles. The molecule has 0 aliphatic carbocycles. The van der Waals surface area contributed by atoms with E-state index in [0.717, 1.165) is 42.4 Å². The number of hydrogen-bond acceptors (Lipinski definition) is 3. The number of carbonyl (C=O) groups is 2. The van der Waals surface area contributed by atoms with Crippen LogP contribution in [0.2, 0.25) is 5.02 Å². The molecule has 0 unspecified atom stereocenters. The largest absolute Gasteiger partial charge is 0.451 e. The van der Waals surface area contributed by atoms with E-state index < -0.39 is 0 Å². The Morgan fingerprint density at radius 1 is 1.07 bits per heavy atom. The standard InChI is InChI=1S/C22H21ClN2O3/c1-13-16(22(27)25-10-3-4-11-25)6-5-7-18(13)24-21(26)20-14(2)17-12-15(23)8-9-19(17)28-20/h5-9,12H,3-4,10-11H2,1-2H3,(H,24,26). The molecule has 1 aromatic heterocycles. The smallest absolute Gasteiger partial charge is 0.291 e. The molecule has 0 saturated carbocycles. The van der Waals surface area contributed by atoms with Crippen molar-refractivity contribution in [3.05, 3.63) is 63.9 Å². The fourth-order valence-corrected chi connectivity index (χ4v) is 3.85. The number of nitrogens with zero attached hydrogens (tertiary/aromatic N) is 1. The Kier molecular flexibility index (Phi) is 4.85. The van der Waals surface area contributed by atoms with Crippen molar-refractivity contribution in [3.63, 3.8) is 0 Å². The van der Waals surface area contributed by atoms with E-state index in [1.807, 2.05) is 18.7 Å². The third-order valence-corrected chi connectivity index (χ3v) is 5.55. The molecule has 28 heavy (non-hydrogen) atoms. The van der Waals surface area contributed by atoms with E-state index in [-0.39, 0.29) is 17.6 Å². The predicted molar refractivity (Wildman–Crippen MR) is 110 cm³/mol. The molecule has 144 valence electrons. The first-order valence-electron chi connectivity index (χ1n) is 9.34. The number of aryl methyl sites for hydroxylation is 1. The summed E-state index contributed by atoms with van der Waals surface area (Å²) in [6, 6.07) is 10.7. The number of amides is 2. The normalized spacial score (nSPS) is 13.9. The number of halogens is 1. The van der Waals surface area contributed by atoms with Crippen LogP contribution in [0.4, 0.5) is 5.69 Å². The molecule has 1 aliphatic heterocycles. The number of anilines is 1. The summed E-state index contributed by atoms with van der Waals surface area (Å²) in [6.45, 7) is 5.26. The summed E-state index contributed by atoms with van der Waals surface area (Å²) >= 11 is 6.05. The van der Waals surface area contributed by atoms with E-state index in [2.05, 4.69) is 5.32 Å². The summed E-state index contributed by atoms with van der Waals surface area (Å²) in [5.41, 5.74) is 3.32. The quantitative estimate of drug-likeness (QED) is 0.662. The van der Waals surface area contributed by atoms with Gasteiger partial charge in [-0.05, 0) is 62.6 Å². The molecule has 0 atom stereocenters. The number of hydrogen-bond donors (Lipinski definition) is 1. The highest BCUT2D eigenvalue weighted by atomic mass is 35.5. The molecule has 0 radical (unpaired) electrons. The van der Waals surface area contributed by atoms with Crippen LogP contribution in [0.25, 0.3) is 11.0 Å². The van der Waals surface area contributed by atoms with Gasteiger partial charge in [0, 0.05) is 40.3 Å². The number of nitrogens with one attached hydrogen (secondary N) is 1. The Morgan fingerprint density at radius 3 is 2.57 bits per heavy atom. The van der Waals surface area contributed by atoms with E-state index in [1.54, 1.807) is 36.4 Å². The number of likely N-dealkylation sites (tertiary alicyclic amines) is 1. The maximum atomic E-state index is 12.8. The molecular formula is C22H21ClN2O3. The van der Waals surface area contributed by atoms with Crippen LogP contribution in [-0.2, 0) is 0 Å². The fraction of sp³-hybridized carbons (Fsp3) is 0.273. The first-order valence-corrected chi connectivity index (χ1v) is 9.72. The van der Waals surface area contributed by atoms with E-state index in [9.17, 15) is 9.59 Å². The third-order valence-electron chi connectivity index (χ3n) is 5.31. The van der Waals surface area contributed by atoms with Crippen LogP contribution in [0.1, 0.15) is 44.9 Å². The average Bonchev–Trinajstić information content (AvgIpc) is 3.32. The lowest BCUT2D eigenvalue weighted by molar-refractivity contribution is 0.0791. The number of rotatable bonds is 3. The Labute approximate surface area is 168 Å². The monoisotopic (exact) mass is 396 g/mol. The maximum absolute atomic E-state index is 12.8. The molecule has 4 rings (SSSR count). The van der Waals surface area contributed by atoms with Crippen LogP contribution in [0.5, 0.6) is 0 Å². The highest BCUT2D eigenvalue weighted by molar-refractivity contribution is 6.31. The lowest BCUT2D eigenvalue weighted by atomic mass is 10.1. The van der Waals surface area contributed by atoms with Gasteiger partial charge < -0.3 is 14.6 Å². The molecule has 0 bridgehead atoms. The summed E-state index contributed by atoms with van der Waals surface area (Å²) in [5, 5.41) is 4.29. The minimum absolute atomic E-state index is 0.0145. The summed E-state index contributed by atoms with van der Waals surface area (Å²) in [7, 11) is 0. The lowest BCUT2D eigenvalue weighted by Gasteiger charge is -2.18. The highest BCUT2D eigenvalue weighted by Gasteiger charge is 2.23. The topological polar surface area (TPSA) is 62.6 Å². The molecular weight excluding hydrogens is 376 g/mol. The highest BCUT2D eigenvalue weighted by Crippen LogP contribution is 2.29. The molecule has 2 heterocycles. The van der Waals surface area contributed by atoms with Gasteiger partial charge in [-0.15, -0.1) is 0 Å². The van der Waals surface area contributed by atoms with Gasteiger partial charge in [-0.3, -0.25) is 9.59 Å². The molecule has 1 saturated heterocycles. The minimum Gasteiger partial charge on any atom is -0.451 e. The molecule has 1 N–H and O–H groups in total. The van der Waals surface area contributed by atoms with Gasteiger partial charge in [0.15, 0.2) is 5.76 Å². The second-order valence-corrected chi connectivity index (χ2v) is 7.56. The lowest BCUT2D eigenvalue weighted by Crippen LogP contribution is -2.28. The van der Waals surface area contributed by atoms with Gasteiger partial charge in [-0.25, -0.2) is 0 Å². The predicted octanol–water partition coefficient (Wildman–Crippen LogP) is 5.19. The van der Waals surface area contributed by atoms with Gasteiger partial charge in [0.05, 0.1) is 0 Å². The second-order valence-electron chi connectivity index (χ2n) is 7.13. The van der Waals surface area contributed by atoms with Crippen LogP contribution in [0.15, 0.2) is 40.8 Å². The maximum Gasteiger partial charge on any atom is 0.291 e. The van der Waals surface area contributed by atoms with Crippen molar-refractivity contribution < 1.29 is 14.0 Å². The average molecular weight is 397 g/mol. The number of carbonyl (C=O) groups excluding carboxylic acids is 2. The zero-order chi connectivity index (χ0) is 19.8. The molecule has 6 heteroatoms. The first-order chi connectivity index (χ1) is 13.5.